The van der Waals surface area contributed by atoms with Crippen molar-refractivity contribution < 1.29 is 14.9 Å². The van der Waals surface area contributed by atoms with Crippen molar-refractivity contribution in [2.24, 2.45) is 0 Å². The molecule has 0 fully saturated rings. The molecule has 3 rings (SSSR count). The molecule has 0 aliphatic carbocycles. The smallest absolute Gasteiger partial charge is 0.119 e. The molecule has 3 aromatic rings. The second-order valence-electron chi connectivity index (χ2n) is 4.98. The molecule has 0 atom stereocenters. The van der Waals surface area contributed by atoms with Crippen molar-refractivity contribution in [3.05, 3.63) is 66.0 Å². The molecule has 0 amide bonds. The fourth-order valence-electron chi connectivity index (χ4n) is 2.29. The molecular weight excluding hydrogens is 294 g/mol. The average molecular weight is 311 g/mol. The first-order valence-electron chi connectivity index (χ1n) is 7.29. The molecule has 23 heavy (non-hydrogen) atoms. The van der Waals surface area contributed by atoms with Gasteiger partial charge in [0.05, 0.1) is 24.6 Å². The van der Waals surface area contributed by atoms with E-state index in [1.165, 1.54) is 0 Å². The predicted octanol–water partition coefficient (Wildman–Crippen LogP) is 2.09. The Morgan fingerprint density at radius 1 is 1.00 bits per heavy atom. The lowest BCUT2D eigenvalue weighted by atomic mass is 10.2. The van der Waals surface area contributed by atoms with Crippen LogP contribution in [0.2, 0.25) is 0 Å². The zero-order chi connectivity index (χ0) is 16.1. The number of rotatable bonds is 6. The van der Waals surface area contributed by atoms with Crippen LogP contribution in [0.4, 0.5) is 0 Å². The van der Waals surface area contributed by atoms with Gasteiger partial charge in [0.2, 0.25) is 0 Å². The minimum absolute atomic E-state index is 0.182. The van der Waals surface area contributed by atoms with E-state index in [2.05, 4.69) is 10.3 Å². The Balaban J connectivity index is 1.77. The number of nitrogens with zero attached hydrogens (tertiary/aromatic N) is 3. The number of benzene rings is 2. The predicted molar refractivity (Wildman–Crippen MR) is 84.6 cm³/mol. The third-order valence-electron chi connectivity index (χ3n) is 3.44. The Kier molecular flexibility index (Phi) is 4.54. The zero-order valence-electron chi connectivity index (χ0n) is 12.5. The van der Waals surface area contributed by atoms with Gasteiger partial charge in [-0.25, -0.2) is 4.68 Å². The average Bonchev–Trinajstić information content (AvgIpc) is 2.99. The molecule has 2 aromatic carbocycles. The second kappa shape index (κ2) is 6.93. The van der Waals surface area contributed by atoms with Crippen LogP contribution in [0.15, 0.2) is 54.6 Å². The van der Waals surface area contributed by atoms with E-state index < -0.39 is 0 Å². The number of aromatic nitrogens is 3. The maximum Gasteiger partial charge on any atom is 0.119 e. The van der Waals surface area contributed by atoms with Crippen molar-refractivity contribution >= 4 is 0 Å². The molecule has 0 saturated heterocycles. The van der Waals surface area contributed by atoms with Crippen LogP contribution >= 0.6 is 0 Å². The summed E-state index contributed by atoms with van der Waals surface area (Å²) in [5.74, 6) is 0.979. The number of aromatic hydroxyl groups is 1. The SMILES string of the molecule is OCc1nnn(-c2ccc(O)cc2)c1CCOc1ccccc1. The van der Waals surface area contributed by atoms with E-state index in [0.29, 0.717) is 18.7 Å². The molecule has 6 nitrogen and oxygen atoms in total. The minimum atomic E-state index is -0.182. The maximum absolute atomic E-state index is 9.44. The van der Waals surface area contributed by atoms with Crippen LogP contribution < -0.4 is 4.74 Å². The third kappa shape index (κ3) is 3.49. The Morgan fingerprint density at radius 2 is 1.74 bits per heavy atom. The van der Waals surface area contributed by atoms with Gasteiger partial charge in [0, 0.05) is 6.42 Å². The summed E-state index contributed by atoms with van der Waals surface area (Å²) in [6.45, 7) is 0.265. The second-order valence-corrected chi connectivity index (χ2v) is 4.98. The van der Waals surface area contributed by atoms with E-state index in [1.807, 2.05) is 30.3 Å². The van der Waals surface area contributed by atoms with Gasteiger partial charge < -0.3 is 14.9 Å². The van der Waals surface area contributed by atoms with Gasteiger partial charge in [-0.1, -0.05) is 23.4 Å². The van der Waals surface area contributed by atoms with Crippen LogP contribution in [0.25, 0.3) is 5.69 Å². The molecule has 0 radical (unpaired) electrons. The molecule has 118 valence electrons. The number of phenolic OH excluding ortho intramolecular Hbond substituents is 1. The van der Waals surface area contributed by atoms with E-state index in [4.69, 9.17) is 4.74 Å². The number of phenols is 1. The molecule has 0 saturated carbocycles. The summed E-state index contributed by atoms with van der Waals surface area (Å²) < 4.78 is 7.35. The van der Waals surface area contributed by atoms with E-state index >= 15 is 0 Å². The number of hydrogen-bond donors (Lipinski definition) is 2. The molecule has 0 aliphatic heterocycles. The summed E-state index contributed by atoms with van der Waals surface area (Å²) in [5, 5.41) is 26.9. The standard InChI is InChI=1S/C17H17N3O3/c21-12-16-17(10-11-23-15-4-2-1-3-5-15)20(19-18-16)13-6-8-14(22)9-7-13/h1-9,21-22H,10-12H2. The van der Waals surface area contributed by atoms with Crippen molar-refractivity contribution in [1.82, 2.24) is 15.0 Å². The Morgan fingerprint density at radius 3 is 2.43 bits per heavy atom. The Labute approximate surface area is 133 Å². The lowest BCUT2D eigenvalue weighted by molar-refractivity contribution is 0.273. The highest BCUT2D eigenvalue weighted by atomic mass is 16.5. The fourth-order valence-corrected chi connectivity index (χ4v) is 2.29. The minimum Gasteiger partial charge on any atom is -0.508 e. The van der Waals surface area contributed by atoms with E-state index in [-0.39, 0.29) is 12.4 Å². The topological polar surface area (TPSA) is 80.4 Å². The number of ether oxygens (including phenoxy) is 1. The van der Waals surface area contributed by atoms with Crippen molar-refractivity contribution in [2.45, 2.75) is 13.0 Å². The van der Waals surface area contributed by atoms with Gasteiger partial charge in [-0.3, -0.25) is 0 Å². The Hall–Kier alpha value is -2.86. The number of hydrogen-bond acceptors (Lipinski definition) is 5. The van der Waals surface area contributed by atoms with E-state index in [9.17, 15) is 10.2 Å². The van der Waals surface area contributed by atoms with Crippen molar-refractivity contribution in [2.75, 3.05) is 6.61 Å². The van der Waals surface area contributed by atoms with Crippen LogP contribution in [-0.2, 0) is 13.0 Å². The first-order chi connectivity index (χ1) is 11.3. The largest absolute Gasteiger partial charge is 0.508 e. The third-order valence-corrected chi connectivity index (χ3v) is 3.44. The molecule has 0 bridgehead atoms. The van der Waals surface area contributed by atoms with Crippen LogP contribution in [-0.4, -0.2) is 31.8 Å². The highest BCUT2D eigenvalue weighted by Gasteiger charge is 2.13. The van der Waals surface area contributed by atoms with Crippen molar-refractivity contribution in [3.63, 3.8) is 0 Å². The van der Waals surface area contributed by atoms with E-state index in [0.717, 1.165) is 17.1 Å². The number of aliphatic hydroxyl groups is 1. The molecule has 6 heteroatoms. The maximum atomic E-state index is 9.44. The zero-order valence-corrected chi connectivity index (χ0v) is 12.5. The summed E-state index contributed by atoms with van der Waals surface area (Å²) >= 11 is 0. The molecule has 0 aliphatic rings. The molecular formula is C17H17N3O3. The molecule has 1 aromatic heterocycles. The summed E-state index contributed by atoms with van der Waals surface area (Å²) in [5.41, 5.74) is 2.08. The molecule has 2 N–H and O–H groups in total. The summed E-state index contributed by atoms with van der Waals surface area (Å²) in [4.78, 5) is 0. The van der Waals surface area contributed by atoms with Gasteiger partial charge in [0.15, 0.2) is 0 Å². The first kappa shape index (κ1) is 15.1. The summed E-state index contributed by atoms with van der Waals surface area (Å²) in [6, 6.07) is 16.2. The number of para-hydroxylation sites is 1. The number of aliphatic hydroxyl groups excluding tert-OH is 1. The molecule has 0 unspecified atom stereocenters. The van der Waals surface area contributed by atoms with Crippen LogP contribution in [0.1, 0.15) is 11.4 Å². The molecule has 1 heterocycles. The van der Waals surface area contributed by atoms with E-state index in [1.54, 1.807) is 28.9 Å². The monoisotopic (exact) mass is 311 g/mol. The van der Waals surface area contributed by atoms with Gasteiger partial charge in [0.25, 0.3) is 0 Å². The van der Waals surface area contributed by atoms with Crippen LogP contribution in [0.5, 0.6) is 11.5 Å². The lowest BCUT2D eigenvalue weighted by Crippen LogP contribution is -2.09. The Bertz CT molecular complexity index is 755. The van der Waals surface area contributed by atoms with Gasteiger partial charge in [0.1, 0.15) is 17.2 Å². The van der Waals surface area contributed by atoms with Gasteiger partial charge in [-0.15, -0.1) is 5.10 Å². The van der Waals surface area contributed by atoms with Gasteiger partial charge in [-0.05, 0) is 36.4 Å². The van der Waals surface area contributed by atoms with Crippen LogP contribution in [0.3, 0.4) is 0 Å². The van der Waals surface area contributed by atoms with Crippen molar-refractivity contribution in [3.8, 4) is 17.2 Å². The normalized spacial score (nSPS) is 10.7. The van der Waals surface area contributed by atoms with Gasteiger partial charge >= 0.3 is 0 Å². The lowest BCUT2D eigenvalue weighted by Gasteiger charge is -2.09. The highest BCUT2D eigenvalue weighted by molar-refractivity contribution is 5.37. The summed E-state index contributed by atoms with van der Waals surface area (Å²) in [7, 11) is 0. The summed E-state index contributed by atoms with van der Waals surface area (Å²) in [6.07, 6.45) is 0.554. The van der Waals surface area contributed by atoms with Crippen molar-refractivity contribution in [1.29, 1.82) is 0 Å². The highest BCUT2D eigenvalue weighted by Crippen LogP contribution is 2.17. The molecule has 0 spiro atoms. The van der Waals surface area contributed by atoms with Crippen LogP contribution in [0, 0.1) is 0 Å². The first-order valence-corrected chi connectivity index (χ1v) is 7.29. The van der Waals surface area contributed by atoms with Gasteiger partial charge in [-0.2, -0.15) is 0 Å². The fraction of sp³-hybridized carbons (Fsp3) is 0.176. The quantitative estimate of drug-likeness (QED) is 0.728.